The van der Waals surface area contributed by atoms with Crippen LogP contribution in [-0.4, -0.2) is 31.3 Å². The van der Waals surface area contributed by atoms with Crippen molar-refractivity contribution in [1.82, 2.24) is 4.90 Å². The molecule has 0 aromatic heterocycles. The molecule has 5 heteroatoms. The molecule has 0 N–H and O–H groups in total. The van der Waals surface area contributed by atoms with E-state index in [1.807, 2.05) is 19.0 Å². The van der Waals surface area contributed by atoms with E-state index in [9.17, 15) is 8.78 Å². The van der Waals surface area contributed by atoms with E-state index in [2.05, 4.69) is 0 Å². The maximum atomic E-state index is 13.4. The first-order valence-electron chi connectivity index (χ1n) is 4.71. The average molecular weight is 242 g/mol. The highest BCUT2D eigenvalue weighted by atomic mass is 32.2. The van der Waals surface area contributed by atoms with E-state index >= 15 is 0 Å². The predicted octanol–water partition coefficient (Wildman–Crippen LogP) is 2.49. The quantitative estimate of drug-likeness (QED) is 0.759. The molecule has 16 heavy (non-hydrogen) atoms. The number of rotatable bonds is 4. The third-order valence-electron chi connectivity index (χ3n) is 1.91. The summed E-state index contributed by atoms with van der Waals surface area (Å²) in [5.41, 5.74) is 0.00644. The lowest BCUT2D eigenvalue weighted by molar-refractivity contribution is 0.437. The van der Waals surface area contributed by atoms with E-state index in [4.69, 9.17) is 5.26 Å². The molecular weight excluding hydrogens is 230 g/mol. The van der Waals surface area contributed by atoms with Gasteiger partial charge in [0, 0.05) is 12.3 Å². The first-order chi connectivity index (χ1) is 7.54. The summed E-state index contributed by atoms with van der Waals surface area (Å²) in [5, 5.41) is 8.53. The Balaban J connectivity index is 2.77. The van der Waals surface area contributed by atoms with Gasteiger partial charge in [-0.3, -0.25) is 0 Å². The van der Waals surface area contributed by atoms with Crippen molar-refractivity contribution in [1.29, 1.82) is 5.26 Å². The predicted molar refractivity (Wildman–Crippen MR) is 60.4 cm³/mol. The molecular formula is C11H12F2N2S. The molecule has 86 valence electrons. The minimum Gasteiger partial charge on any atom is -0.309 e. The van der Waals surface area contributed by atoms with Crippen molar-refractivity contribution in [2.45, 2.75) is 4.90 Å². The van der Waals surface area contributed by atoms with E-state index in [1.165, 1.54) is 0 Å². The number of benzene rings is 1. The van der Waals surface area contributed by atoms with Crippen LogP contribution in [0.4, 0.5) is 8.78 Å². The van der Waals surface area contributed by atoms with Crippen LogP contribution < -0.4 is 0 Å². The molecule has 0 bridgehead atoms. The number of thioether (sulfide) groups is 1. The molecule has 0 atom stereocenters. The van der Waals surface area contributed by atoms with Crippen molar-refractivity contribution in [3.63, 3.8) is 0 Å². The monoisotopic (exact) mass is 242 g/mol. The van der Waals surface area contributed by atoms with Gasteiger partial charge in [0.05, 0.1) is 16.5 Å². The Labute approximate surface area is 97.9 Å². The number of nitrogens with zero attached hydrogens (tertiary/aromatic N) is 2. The lowest BCUT2D eigenvalue weighted by Crippen LogP contribution is -2.14. The molecule has 1 rings (SSSR count). The van der Waals surface area contributed by atoms with Gasteiger partial charge >= 0.3 is 0 Å². The fourth-order valence-corrected chi connectivity index (χ4v) is 2.15. The first kappa shape index (κ1) is 12.9. The van der Waals surface area contributed by atoms with Gasteiger partial charge in [0.2, 0.25) is 0 Å². The van der Waals surface area contributed by atoms with Crippen LogP contribution in [0, 0.1) is 23.0 Å². The van der Waals surface area contributed by atoms with Gasteiger partial charge in [0.15, 0.2) is 0 Å². The summed E-state index contributed by atoms with van der Waals surface area (Å²) in [6.07, 6.45) is 0. The molecule has 0 aliphatic heterocycles. The Morgan fingerprint density at radius 1 is 1.31 bits per heavy atom. The van der Waals surface area contributed by atoms with Crippen LogP contribution in [0.1, 0.15) is 5.56 Å². The second-order valence-electron chi connectivity index (χ2n) is 3.53. The summed E-state index contributed by atoms with van der Waals surface area (Å²) >= 11 is 1.12. The normalized spacial score (nSPS) is 10.5. The van der Waals surface area contributed by atoms with Gasteiger partial charge in [0.1, 0.15) is 11.6 Å². The molecule has 0 heterocycles. The van der Waals surface area contributed by atoms with Crippen LogP contribution in [0.2, 0.25) is 0 Å². The number of halogens is 2. The molecule has 0 aliphatic carbocycles. The highest BCUT2D eigenvalue weighted by Crippen LogP contribution is 2.26. The average Bonchev–Trinajstić information content (AvgIpc) is 2.21. The summed E-state index contributed by atoms with van der Waals surface area (Å²) in [6.45, 7) is 0.740. The Kier molecular flexibility index (Phi) is 4.71. The van der Waals surface area contributed by atoms with E-state index in [-0.39, 0.29) is 10.5 Å². The minimum atomic E-state index is -0.666. The zero-order chi connectivity index (χ0) is 12.1. The smallest absolute Gasteiger partial charge is 0.141 e. The largest absolute Gasteiger partial charge is 0.309 e. The SMILES string of the molecule is CN(C)CCSc1c(F)cc(C#N)cc1F. The summed E-state index contributed by atoms with van der Waals surface area (Å²) in [7, 11) is 3.79. The van der Waals surface area contributed by atoms with Crippen LogP contribution in [0.3, 0.4) is 0 Å². The maximum Gasteiger partial charge on any atom is 0.141 e. The third-order valence-corrected chi connectivity index (χ3v) is 2.98. The second kappa shape index (κ2) is 5.83. The summed E-state index contributed by atoms with van der Waals surface area (Å²) in [4.78, 5) is 1.92. The zero-order valence-corrected chi connectivity index (χ0v) is 9.94. The molecule has 0 unspecified atom stereocenters. The van der Waals surface area contributed by atoms with E-state index < -0.39 is 11.6 Å². The van der Waals surface area contributed by atoms with Crippen molar-refractivity contribution < 1.29 is 8.78 Å². The minimum absolute atomic E-state index is 0.00644. The molecule has 0 spiro atoms. The Bertz CT molecular complexity index is 390. The molecule has 2 nitrogen and oxygen atoms in total. The van der Waals surface area contributed by atoms with Crippen molar-refractivity contribution in [2.24, 2.45) is 0 Å². The van der Waals surface area contributed by atoms with Crippen molar-refractivity contribution >= 4 is 11.8 Å². The van der Waals surface area contributed by atoms with Gasteiger partial charge in [-0.2, -0.15) is 5.26 Å². The number of hydrogen-bond acceptors (Lipinski definition) is 3. The van der Waals surface area contributed by atoms with Crippen LogP contribution in [0.15, 0.2) is 17.0 Å². The zero-order valence-electron chi connectivity index (χ0n) is 9.13. The molecule has 0 saturated heterocycles. The van der Waals surface area contributed by atoms with Gasteiger partial charge in [0.25, 0.3) is 0 Å². The highest BCUT2D eigenvalue weighted by Gasteiger charge is 2.11. The second-order valence-corrected chi connectivity index (χ2v) is 4.64. The highest BCUT2D eigenvalue weighted by molar-refractivity contribution is 7.99. The van der Waals surface area contributed by atoms with Gasteiger partial charge in [-0.15, -0.1) is 11.8 Å². The molecule has 0 saturated carbocycles. The van der Waals surface area contributed by atoms with E-state index in [0.717, 1.165) is 30.4 Å². The van der Waals surface area contributed by atoms with Crippen LogP contribution in [0.25, 0.3) is 0 Å². The summed E-state index contributed by atoms with van der Waals surface area (Å²) in [6, 6.07) is 3.83. The van der Waals surface area contributed by atoms with Gasteiger partial charge in [-0.25, -0.2) is 8.78 Å². The van der Waals surface area contributed by atoms with Gasteiger partial charge in [-0.1, -0.05) is 0 Å². The molecule has 0 aliphatic rings. The maximum absolute atomic E-state index is 13.4. The third kappa shape index (κ3) is 3.47. The summed E-state index contributed by atoms with van der Waals surface area (Å²) < 4.78 is 26.8. The topological polar surface area (TPSA) is 27.0 Å². The summed E-state index contributed by atoms with van der Waals surface area (Å²) in [5.74, 6) is -0.729. The Morgan fingerprint density at radius 2 is 1.88 bits per heavy atom. The first-order valence-corrected chi connectivity index (χ1v) is 5.70. The van der Waals surface area contributed by atoms with Crippen LogP contribution in [0.5, 0.6) is 0 Å². The Hall–Kier alpha value is -1.12. The molecule has 0 amide bonds. The molecule has 0 fully saturated rings. The molecule has 1 aromatic rings. The lowest BCUT2D eigenvalue weighted by atomic mass is 10.2. The number of hydrogen-bond donors (Lipinski definition) is 0. The Morgan fingerprint density at radius 3 is 2.31 bits per heavy atom. The van der Waals surface area contributed by atoms with E-state index in [0.29, 0.717) is 5.75 Å². The standard InChI is InChI=1S/C11H12F2N2S/c1-15(2)3-4-16-11-9(12)5-8(7-14)6-10(11)13/h5-6H,3-4H2,1-2H3. The van der Waals surface area contributed by atoms with Gasteiger partial charge < -0.3 is 4.90 Å². The van der Waals surface area contributed by atoms with Gasteiger partial charge in [-0.05, 0) is 26.2 Å². The number of nitriles is 1. The van der Waals surface area contributed by atoms with Crippen LogP contribution >= 0.6 is 11.8 Å². The van der Waals surface area contributed by atoms with Crippen molar-refractivity contribution in [3.05, 3.63) is 29.3 Å². The van der Waals surface area contributed by atoms with Crippen molar-refractivity contribution in [2.75, 3.05) is 26.4 Å². The fourth-order valence-electron chi connectivity index (χ4n) is 1.09. The fraction of sp³-hybridized carbons (Fsp3) is 0.364. The van der Waals surface area contributed by atoms with E-state index in [1.54, 1.807) is 6.07 Å². The van der Waals surface area contributed by atoms with Crippen LogP contribution in [-0.2, 0) is 0 Å². The molecule has 1 aromatic carbocycles. The van der Waals surface area contributed by atoms with Crippen molar-refractivity contribution in [3.8, 4) is 6.07 Å². The lowest BCUT2D eigenvalue weighted by Gasteiger charge is -2.09. The molecule has 0 radical (unpaired) electrons.